The van der Waals surface area contributed by atoms with Crippen molar-refractivity contribution in [3.05, 3.63) is 48.2 Å². The van der Waals surface area contributed by atoms with Crippen molar-refractivity contribution in [3.8, 4) is 0 Å². The summed E-state index contributed by atoms with van der Waals surface area (Å²) in [6.45, 7) is 5.97. The summed E-state index contributed by atoms with van der Waals surface area (Å²) in [7, 11) is 0. The lowest BCUT2D eigenvalue weighted by atomic mass is 10.1. The van der Waals surface area contributed by atoms with Crippen LogP contribution in [0.4, 0.5) is 13.2 Å². The fraction of sp³-hybridized carbons (Fsp3) is 0.333. The average molecular weight is 365 g/mol. The van der Waals surface area contributed by atoms with Crippen molar-refractivity contribution in [2.75, 3.05) is 13.1 Å². The van der Waals surface area contributed by atoms with E-state index >= 15 is 0 Å². The summed E-state index contributed by atoms with van der Waals surface area (Å²) < 4.78 is 40.2. The lowest BCUT2D eigenvalue weighted by Crippen LogP contribution is -2.61. The second kappa shape index (κ2) is 6.51. The molecule has 2 aromatic rings. The van der Waals surface area contributed by atoms with Crippen LogP contribution in [0.5, 0.6) is 0 Å². The maximum absolute atomic E-state index is 12.9. The van der Waals surface area contributed by atoms with Gasteiger partial charge >= 0.3 is 6.18 Å². The van der Waals surface area contributed by atoms with E-state index in [1.165, 1.54) is 12.1 Å². The summed E-state index contributed by atoms with van der Waals surface area (Å²) in [5.74, 6) is -0.430. The number of benzene rings is 1. The standard InChI is InChI=1S/C18H18F3N3O2/c1-3-17(26)24-8-13(9-24)22-16(25)10-23-7-11(2)14-6-12(18(19,20)21)4-5-15(14)23/h3-7,13H,1,8-10H2,2H3,(H,22,25). The molecule has 0 saturated carbocycles. The Morgan fingerprint density at radius 3 is 2.65 bits per heavy atom. The van der Waals surface area contributed by atoms with Crippen molar-refractivity contribution in [3.63, 3.8) is 0 Å². The zero-order valence-electron chi connectivity index (χ0n) is 14.1. The Morgan fingerprint density at radius 1 is 1.35 bits per heavy atom. The van der Waals surface area contributed by atoms with Crippen molar-refractivity contribution in [1.29, 1.82) is 0 Å². The second-order valence-electron chi connectivity index (χ2n) is 6.38. The van der Waals surface area contributed by atoms with Gasteiger partial charge in [-0.3, -0.25) is 9.59 Å². The van der Waals surface area contributed by atoms with Gasteiger partial charge in [-0.25, -0.2) is 0 Å². The Morgan fingerprint density at radius 2 is 2.04 bits per heavy atom. The number of aryl methyl sites for hydroxylation is 1. The molecule has 0 spiro atoms. The maximum Gasteiger partial charge on any atom is 0.416 e. The summed E-state index contributed by atoms with van der Waals surface area (Å²) in [6.07, 6.45) is -1.51. The van der Waals surface area contributed by atoms with Gasteiger partial charge in [0.25, 0.3) is 0 Å². The summed E-state index contributed by atoms with van der Waals surface area (Å²) in [5, 5.41) is 3.29. The Balaban J connectivity index is 1.68. The van der Waals surface area contributed by atoms with Crippen LogP contribution in [0, 0.1) is 6.92 Å². The Kier molecular flexibility index (Phi) is 4.52. The number of nitrogens with one attached hydrogen (secondary N) is 1. The third kappa shape index (κ3) is 3.44. The van der Waals surface area contributed by atoms with Gasteiger partial charge in [0.2, 0.25) is 11.8 Å². The van der Waals surface area contributed by atoms with E-state index < -0.39 is 11.7 Å². The van der Waals surface area contributed by atoms with Gasteiger partial charge in [0.05, 0.1) is 11.6 Å². The summed E-state index contributed by atoms with van der Waals surface area (Å²) >= 11 is 0. The van der Waals surface area contributed by atoms with E-state index in [1.807, 2.05) is 0 Å². The molecule has 8 heteroatoms. The zero-order valence-corrected chi connectivity index (χ0v) is 14.1. The predicted octanol–water partition coefficient (Wildman–Crippen LogP) is 2.48. The molecule has 1 aromatic heterocycles. The highest BCUT2D eigenvalue weighted by molar-refractivity contribution is 5.88. The summed E-state index contributed by atoms with van der Waals surface area (Å²) in [6, 6.07) is 3.38. The number of amides is 2. The molecule has 0 bridgehead atoms. The molecule has 26 heavy (non-hydrogen) atoms. The Bertz CT molecular complexity index is 880. The molecule has 1 aromatic carbocycles. The highest BCUT2D eigenvalue weighted by Gasteiger charge is 2.32. The van der Waals surface area contributed by atoms with Gasteiger partial charge in [0.1, 0.15) is 6.54 Å². The lowest BCUT2D eigenvalue weighted by molar-refractivity contribution is -0.137. The van der Waals surface area contributed by atoms with Gasteiger partial charge in [-0.05, 0) is 36.8 Å². The summed E-state index contributed by atoms with van der Waals surface area (Å²) in [5.41, 5.74) is 0.532. The van der Waals surface area contributed by atoms with Crippen molar-refractivity contribution in [2.24, 2.45) is 0 Å². The third-order valence-corrected chi connectivity index (χ3v) is 4.45. The van der Waals surface area contributed by atoms with E-state index in [9.17, 15) is 22.8 Å². The highest BCUT2D eigenvalue weighted by Crippen LogP contribution is 2.32. The minimum Gasteiger partial charge on any atom is -0.348 e. The van der Waals surface area contributed by atoms with Crippen LogP contribution in [0.2, 0.25) is 0 Å². The highest BCUT2D eigenvalue weighted by atomic mass is 19.4. The number of nitrogens with zero attached hydrogens (tertiary/aromatic N) is 2. The Labute approximate surface area is 148 Å². The van der Waals surface area contributed by atoms with Gasteiger partial charge in [0.15, 0.2) is 0 Å². The SMILES string of the molecule is C=CC(=O)N1CC(NC(=O)Cn2cc(C)c3cc(C(F)(F)F)ccc32)C1. The van der Waals surface area contributed by atoms with Crippen LogP contribution in [0.3, 0.4) is 0 Å². The molecular weight excluding hydrogens is 347 g/mol. The van der Waals surface area contributed by atoms with Gasteiger partial charge in [0, 0.05) is 30.2 Å². The summed E-state index contributed by atoms with van der Waals surface area (Å²) in [4.78, 5) is 25.1. The first-order valence-corrected chi connectivity index (χ1v) is 8.06. The largest absolute Gasteiger partial charge is 0.416 e. The van der Waals surface area contributed by atoms with Gasteiger partial charge in [-0.15, -0.1) is 0 Å². The van der Waals surface area contributed by atoms with Crippen LogP contribution in [0.15, 0.2) is 37.1 Å². The first-order chi connectivity index (χ1) is 12.2. The fourth-order valence-electron chi connectivity index (χ4n) is 3.09. The van der Waals surface area contributed by atoms with Crippen molar-refractivity contribution < 1.29 is 22.8 Å². The number of alkyl halides is 3. The van der Waals surface area contributed by atoms with E-state index in [0.717, 1.165) is 12.1 Å². The van der Waals surface area contributed by atoms with Crippen molar-refractivity contribution in [2.45, 2.75) is 25.7 Å². The van der Waals surface area contributed by atoms with E-state index in [-0.39, 0.29) is 24.4 Å². The van der Waals surface area contributed by atoms with E-state index in [0.29, 0.717) is 29.6 Å². The molecule has 1 fully saturated rings. The van der Waals surface area contributed by atoms with Crippen LogP contribution < -0.4 is 5.32 Å². The number of fused-ring (bicyclic) bond motifs is 1. The van der Waals surface area contributed by atoms with E-state index in [2.05, 4.69) is 11.9 Å². The molecule has 3 rings (SSSR count). The predicted molar refractivity (Wildman–Crippen MR) is 90.4 cm³/mol. The topological polar surface area (TPSA) is 54.3 Å². The number of likely N-dealkylation sites (tertiary alicyclic amines) is 1. The van der Waals surface area contributed by atoms with E-state index in [1.54, 1.807) is 22.6 Å². The van der Waals surface area contributed by atoms with Crippen LogP contribution in [-0.4, -0.2) is 40.4 Å². The first kappa shape index (κ1) is 18.0. The minimum atomic E-state index is -4.40. The zero-order chi connectivity index (χ0) is 19.1. The molecule has 0 atom stereocenters. The second-order valence-corrected chi connectivity index (χ2v) is 6.38. The van der Waals surface area contributed by atoms with Gasteiger partial charge in [-0.2, -0.15) is 13.2 Å². The van der Waals surface area contributed by atoms with Crippen molar-refractivity contribution >= 4 is 22.7 Å². The fourth-order valence-corrected chi connectivity index (χ4v) is 3.09. The average Bonchev–Trinajstić information content (AvgIpc) is 2.84. The number of carbonyl (C=O) groups excluding carboxylic acids is 2. The monoisotopic (exact) mass is 365 g/mol. The number of hydrogen-bond donors (Lipinski definition) is 1. The maximum atomic E-state index is 12.9. The number of hydrogen-bond acceptors (Lipinski definition) is 2. The lowest BCUT2D eigenvalue weighted by Gasteiger charge is -2.38. The van der Waals surface area contributed by atoms with Crippen LogP contribution >= 0.6 is 0 Å². The van der Waals surface area contributed by atoms with Crippen LogP contribution in [-0.2, 0) is 22.3 Å². The third-order valence-electron chi connectivity index (χ3n) is 4.45. The minimum absolute atomic E-state index is 0.00160. The molecule has 2 amide bonds. The molecule has 0 unspecified atom stereocenters. The smallest absolute Gasteiger partial charge is 0.348 e. The van der Waals surface area contributed by atoms with Gasteiger partial charge in [-0.1, -0.05) is 6.58 Å². The quantitative estimate of drug-likeness (QED) is 0.847. The van der Waals surface area contributed by atoms with E-state index in [4.69, 9.17) is 0 Å². The van der Waals surface area contributed by atoms with Crippen LogP contribution in [0.1, 0.15) is 11.1 Å². The molecule has 0 aliphatic carbocycles. The normalized spacial score (nSPS) is 15.0. The number of rotatable bonds is 4. The number of carbonyl (C=O) groups is 2. The number of aromatic nitrogens is 1. The van der Waals surface area contributed by atoms with Crippen molar-refractivity contribution in [1.82, 2.24) is 14.8 Å². The molecule has 1 aliphatic rings. The van der Waals surface area contributed by atoms with Crippen LogP contribution in [0.25, 0.3) is 10.9 Å². The molecule has 0 radical (unpaired) electrons. The molecule has 138 valence electrons. The molecule has 1 N–H and O–H groups in total. The Hall–Kier alpha value is -2.77. The number of halogens is 3. The molecule has 1 aliphatic heterocycles. The molecule has 5 nitrogen and oxygen atoms in total. The molecule has 1 saturated heterocycles. The molecular formula is C18H18F3N3O2. The van der Waals surface area contributed by atoms with Gasteiger partial charge < -0.3 is 14.8 Å². The molecule has 2 heterocycles. The first-order valence-electron chi connectivity index (χ1n) is 8.06.